The van der Waals surface area contributed by atoms with Crippen molar-refractivity contribution in [2.45, 2.75) is 284 Å². The van der Waals surface area contributed by atoms with Crippen molar-refractivity contribution in [1.82, 2.24) is 0 Å². The number of carbonyl (C=O) groups excluding carboxylic acids is 3. The van der Waals surface area contributed by atoms with E-state index in [4.69, 9.17) is 14.2 Å². The first-order valence-corrected chi connectivity index (χ1v) is 29.1. The molecule has 0 fully saturated rings. The van der Waals surface area contributed by atoms with Gasteiger partial charge in [0.15, 0.2) is 6.10 Å². The molecule has 0 aliphatic carbocycles. The summed E-state index contributed by atoms with van der Waals surface area (Å²) in [5.41, 5.74) is 0. The molecular formula is C63H108O6. The van der Waals surface area contributed by atoms with Gasteiger partial charge in [0.05, 0.1) is 0 Å². The van der Waals surface area contributed by atoms with Crippen molar-refractivity contribution in [1.29, 1.82) is 0 Å². The molecule has 0 N–H and O–H groups in total. The van der Waals surface area contributed by atoms with Crippen molar-refractivity contribution in [3.05, 3.63) is 85.1 Å². The predicted molar refractivity (Wildman–Crippen MR) is 297 cm³/mol. The van der Waals surface area contributed by atoms with Gasteiger partial charge in [0.25, 0.3) is 0 Å². The van der Waals surface area contributed by atoms with Gasteiger partial charge in [-0.25, -0.2) is 0 Å². The summed E-state index contributed by atoms with van der Waals surface area (Å²) >= 11 is 0. The van der Waals surface area contributed by atoms with Crippen LogP contribution in [0.5, 0.6) is 0 Å². The SMILES string of the molecule is CC/C=C\C/C=C\C/C=C\C/C=C\C/C=C\CCCCCCCCCCCCCC(=O)OCC(COC(=O)CCCCCCC/C=C\CCCCC)OC(=O)CCCCCCC/C=C\CCCCC. The van der Waals surface area contributed by atoms with Crippen LogP contribution < -0.4 is 0 Å². The maximum atomic E-state index is 12.8. The monoisotopic (exact) mass is 961 g/mol. The Hall–Kier alpha value is -3.41. The summed E-state index contributed by atoms with van der Waals surface area (Å²) in [6.07, 6.45) is 74.4. The molecule has 1 atom stereocenters. The van der Waals surface area contributed by atoms with E-state index in [9.17, 15) is 14.4 Å². The molecule has 0 aromatic rings. The van der Waals surface area contributed by atoms with Gasteiger partial charge >= 0.3 is 17.9 Å². The summed E-state index contributed by atoms with van der Waals surface area (Å²) < 4.78 is 16.8. The molecular weight excluding hydrogens is 853 g/mol. The fraction of sp³-hybridized carbons (Fsp3) is 0.730. The van der Waals surface area contributed by atoms with Gasteiger partial charge in [0, 0.05) is 19.3 Å². The third kappa shape index (κ3) is 55.4. The Bertz CT molecular complexity index is 1330. The summed E-state index contributed by atoms with van der Waals surface area (Å²) in [7, 11) is 0. The third-order valence-corrected chi connectivity index (χ3v) is 12.4. The first-order chi connectivity index (χ1) is 34.0. The van der Waals surface area contributed by atoms with Crippen LogP contribution in [-0.4, -0.2) is 37.2 Å². The van der Waals surface area contributed by atoms with E-state index in [1.807, 2.05) is 0 Å². The average molecular weight is 962 g/mol. The number of hydrogen-bond acceptors (Lipinski definition) is 6. The molecule has 0 radical (unpaired) electrons. The van der Waals surface area contributed by atoms with Crippen molar-refractivity contribution in [3.63, 3.8) is 0 Å². The zero-order valence-electron chi connectivity index (χ0n) is 45.3. The van der Waals surface area contributed by atoms with Gasteiger partial charge in [0.1, 0.15) is 13.2 Å². The summed E-state index contributed by atoms with van der Waals surface area (Å²) in [6.45, 7) is 6.47. The molecule has 0 rings (SSSR count). The lowest BCUT2D eigenvalue weighted by Crippen LogP contribution is -2.30. The molecule has 0 heterocycles. The average Bonchev–Trinajstić information content (AvgIpc) is 3.35. The van der Waals surface area contributed by atoms with E-state index >= 15 is 0 Å². The molecule has 0 aromatic heterocycles. The van der Waals surface area contributed by atoms with E-state index in [-0.39, 0.29) is 31.1 Å². The first kappa shape index (κ1) is 65.6. The Morgan fingerprint density at radius 1 is 0.304 bits per heavy atom. The molecule has 1 unspecified atom stereocenters. The summed E-state index contributed by atoms with van der Waals surface area (Å²) in [5, 5.41) is 0. The zero-order valence-corrected chi connectivity index (χ0v) is 45.3. The minimum atomic E-state index is -0.784. The fourth-order valence-corrected chi connectivity index (χ4v) is 7.99. The van der Waals surface area contributed by atoms with Gasteiger partial charge in [-0.05, 0) is 116 Å². The minimum absolute atomic E-state index is 0.0831. The standard InChI is InChI=1S/C63H108O6/c1-4-7-10-13-16-19-22-25-26-27-28-29-30-31-32-33-34-35-36-37-38-39-42-44-47-50-53-56-62(65)68-59-60(69-63(66)57-54-51-48-45-41-24-21-18-15-12-9-6-3)58-67-61(64)55-52-49-46-43-40-23-20-17-14-11-8-5-2/h7,10,16-21,25-26,28-29,31-32,60H,4-6,8-9,11-15,22-24,27,30,33-59H2,1-3H3/b10-7-,19-16-,20-17-,21-18-,26-25-,29-28-,32-31-. The number of esters is 3. The van der Waals surface area contributed by atoms with E-state index < -0.39 is 6.10 Å². The third-order valence-electron chi connectivity index (χ3n) is 12.4. The number of carbonyl (C=O) groups is 3. The molecule has 0 spiro atoms. The summed E-state index contributed by atoms with van der Waals surface area (Å²) in [6, 6.07) is 0. The maximum absolute atomic E-state index is 12.8. The summed E-state index contributed by atoms with van der Waals surface area (Å²) in [5.74, 6) is -0.900. The Labute approximate surface area is 426 Å². The molecule has 0 bridgehead atoms. The second kappa shape index (κ2) is 57.2. The van der Waals surface area contributed by atoms with Crippen LogP contribution in [-0.2, 0) is 28.6 Å². The van der Waals surface area contributed by atoms with Gasteiger partial charge in [-0.3, -0.25) is 14.4 Å². The van der Waals surface area contributed by atoms with Crippen LogP contribution in [0.3, 0.4) is 0 Å². The molecule has 0 aromatic carbocycles. The molecule has 6 heteroatoms. The van der Waals surface area contributed by atoms with Gasteiger partial charge in [-0.15, -0.1) is 0 Å². The van der Waals surface area contributed by atoms with E-state index in [0.717, 1.165) is 109 Å². The Kier molecular flexibility index (Phi) is 54.3. The van der Waals surface area contributed by atoms with Crippen LogP contribution in [0, 0.1) is 0 Å². The zero-order chi connectivity index (χ0) is 50.0. The molecule has 0 saturated carbocycles. The van der Waals surface area contributed by atoms with E-state index in [2.05, 4.69) is 106 Å². The van der Waals surface area contributed by atoms with Gasteiger partial charge in [-0.1, -0.05) is 228 Å². The van der Waals surface area contributed by atoms with Crippen LogP contribution >= 0.6 is 0 Å². The lowest BCUT2D eigenvalue weighted by molar-refractivity contribution is -0.167. The van der Waals surface area contributed by atoms with Crippen molar-refractivity contribution in [2.24, 2.45) is 0 Å². The van der Waals surface area contributed by atoms with E-state index in [1.165, 1.54) is 128 Å². The highest BCUT2D eigenvalue weighted by Gasteiger charge is 2.19. The highest BCUT2D eigenvalue weighted by atomic mass is 16.6. The van der Waals surface area contributed by atoms with Crippen molar-refractivity contribution in [2.75, 3.05) is 13.2 Å². The summed E-state index contributed by atoms with van der Waals surface area (Å²) in [4.78, 5) is 38.1. The van der Waals surface area contributed by atoms with Crippen LogP contribution in [0.2, 0.25) is 0 Å². The van der Waals surface area contributed by atoms with Crippen molar-refractivity contribution >= 4 is 17.9 Å². The molecule has 0 saturated heterocycles. The van der Waals surface area contributed by atoms with Gasteiger partial charge < -0.3 is 14.2 Å². The molecule has 6 nitrogen and oxygen atoms in total. The van der Waals surface area contributed by atoms with Crippen LogP contribution in [0.25, 0.3) is 0 Å². The van der Waals surface area contributed by atoms with Crippen molar-refractivity contribution < 1.29 is 28.6 Å². The van der Waals surface area contributed by atoms with E-state index in [0.29, 0.717) is 19.3 Å². The number of unbranched alkanes of at least 4 members (excludes halogenated alkanes) is 27. The second-order valence-corrected chi connectivity index (χ2v) is 19.2. The van der Waals surface area contributed by atoms with Gasteiger partial charge in [-0.2, -0.15) is 0 Å². The number of allylic oxidation sites excluding steroid dienone is 14. The minimum Gasteiger partial charge on any atom is -0.462 e. The lowest BCUT2D eigenvalue weighted by Gasteiger charge is -2.18. The lowest BCUT2D eigenvalue weighted by atomic mass is 10.0. The van der Waals surface area contributed by atoms with E-state index in [1.54, 1.807) is 0 Å². The Morgan fingerprint density at radius 3 is 0.899 bits per heavy atom. The molecule has 69 heavy (non-hydrogen) atoms. The second-order valence-electron chi connectivity index (χ2n) is 19.2. The topological polar surface area (TPSA) is 78.9 Å². The largest absolute Gasteiger partial charge is 0.462 e. The highest BCUT2D eigenvalue weighted by Crippen LogP contribution is 2.15. The number of hydrogen-bond donors (Lipinski definition) is 0. The van der Waals surface area contributed by atoms with Crippen LogP contribution in [0.1, 0.15) is 278 Å². The van der Waals surface area contributed by atoms with Crippen molar-refractivity contribution in [3.8, 4) is 0 Å². The fourth-order valence-electron chi connectivity index (χ4n) is 7.99. The molecule has 0 aliphatic rings. The predicted octanol–water partition coefficient (Wildman–Crippen LogP) is 19.5. The quantitative estimate of drug-likeness (QED) is 0.0262. The number of ether oxygens (including phenoxy) is 3. The molecule has 0 amide bonds. The first-order valence-electron chi connectivity index (χ1n) is 29.1. The smallest absolute Gasteiger partial charge is 0.306 e. The van der Waals surface area contributed by atoms with Crippen LogP contribution in [0.4, 0.5) is 0 Å². The Morgan fingerprint density at radius 2 is 0.565 bits per heavy atom. The van der Waals surface area contributed by atoms with Crippen LogP contribution in [0.15, 0.2) is 85.1 Å². The highest BCUT2D eigenvalue weighted by molar-refractivity contribution is 5.71. The Balaban J connectivity index is 4.23. The molecule has 0 aliphatic heterocycles. The normalized spacial score (nSPS) is 12.7. The van der Waals surface area contributed by atoms with Gasteiger partial charge in [0.2, 0.25) is 0 Å². The molecule has 396 valence electrons. The number of rotatable bonds is 52. The maximum Gasteiger partial charge on any atom is 0.306 e.